The van der Waals surface area contributed by atoms with Crippen LogP contribution in [0.1, 0.15) is 38.2 Å². The van der Waals surface area contributed by atoms with E-state index in [-0.39, 0.29) is 18.4 Å². The molecule has 2 heterocycles. The first kappa shape index (κ1) is 16.0. The number of carbonyl (C=O) groups is 1. The highest BCUT2D eigenvalue weighted by Crippen LogP contribution is 2.25. The van der Waals surface area contributed by atoms with E-state index < -0.39 is 5.60 Å². The van der Waals surface area contributed by atoms with E-state index in [9.17, 15) is 9.90 Å². The summed E-state index contributed by atoms with van der Waals surface area (Å²) in [6.45, 7) is 7.01. The van der Waals surface area contributed by atoms with Crippen molar-refractivity contribution < 1.29 is 19.1 Å². The number of hydrogen-bond donors (Lipinski definition) is 2. The average Bonchev–Trinajstić information content (AvgIpc) is 2.92. The molecular formula is C16H25NO4. The Hall–Kier alpha value is -1.33. The Morgan fingerprint density at radius 1 is 1.48 bits per heavy atom. The lowest BCUT2D eigenvalue weighted by Gasteiger charge is -2.28. The van der Waals surface area contributed by atoms with Gasteiger partial charge in [0, 0.05) is 19.1 Å². The molecule has 2 N–H and O–H groups in total. The van der Waals surface area contributed by atoms with Gasteiger partial charge in [-0.1, -0.05) is 6.92 Å². The van der Waals surface area contributed by atoms with Crippen LogP contribution in [0.5, 0.6) is 0 Å². The first-order valence-electron chi connectivity index (χ1n) is 7.55. The molecule has 5 heteroatoms. The largest absolute Gasteiger partial charge is 0.463 e. The molecule has 1 aromatic rings. The molecule has 2 atom stereocenters. The summed E-state index contributed by atoms with van der Waals surface area (Å²) in [7, 11) is 0. The van der Waals surface area contributed by atoms with Crippen molar-refractivity contribution in [3.05, 3.63) is 23.7 Å². The minimum atomic E-state index is -1.20. The van der Waals surface area contributed by atoms with E-state index in [2.05, 4.69) is 5.32 Å². The van der Waals surface area contributed by atoms with Gasteiger partial charge in [-0.05, 0) is 44.7 Å². The molecule has 0 bridgehead atoms. The number of amides is 1. The molecule has 0 spiro atoms. The fraction of sp³-hybridized carbons (Fsp3) is 0.688. The quantitative estimate of drug-likeness (QED) is 0.871. The van der Waals surface area contributed by atoms with E-state index in [0.717, 1.165) is 31.8 Å². The highest BCUT2D eigenvalue weighted by atomic mass is 16.5. The van der Waals surface area contributed by atoms with Gasteiger partial charge in [0.05, 0.1) is 6.54 Å². The Morgan fingerprint density at radius 2 is 2.14 bits per heavy atom. The molecule has 118 valence electrons. The third-order valence-corrected chi connectivity index (χ3v) is 4.26. The Morgan fingerprint density at radius 3 is 2.71 bits per heavy atom. The van der Waals surface area contributed by atoms with Crippen molar-refractivity contribution in [1.29, 1.82) is 0 Å². The van der Waals surface area contributed by atoms with Gasteiger partial charge >= 0.3 is 0 Å². The van der Waals surface area contributed by atoms with Crippen LogP contribution in [0.4, 0.5) is 0 Å². The molecule has 0 aromatic carbocycles. The van der Waals surface area contributed by atoms with E-state index in [4.69, 9.17) is 9.15 Å². The van der Waals surface area contributed by atoms with Crippen molar-refractivity contribution in [1.82, 2.24) is 5.32 Å². The number of ether oxygens (including phenoxy) is 1. The predicted molar refractivity (Wildman–Crippen MR) is 78.7 cm³/mol. The molecule has 0 aliphatic carbocycles. The minimum absolute atomic E-state index is 0.0227. The van der Waals surface area contributed by atoms with Gasteiger partial charge in [-0.3, -0.25) is 4.79 Å². The van der Waals surface area contributed by atoms with Crippen LogP contribution >= 0.6 is 0 Å². The van der Waals surface area contributed by atoms with E-state index in [0.29, 0.717) is 11.7 Å². The number of hydrogen-bond acceptors (Lipinski definition) is 4. The zero-order chi connectivity index (χ0) is 15.5. The smallest absolute Gasteiger partial charge is 0.223 e. The van der Waals surface area contributed by atoms with Crippen LogP contribution in [0.3, 0.4) is 0 Å². The Labute approximate surface area is 125 Å². The first-order valence-corrected chi connectivity index (χ1v) is 7.55. The Kier molecular flexibility index (Phi) is 5.06. The van der Waals surface area contributed by atoms with Gasteiger partial charge in [-0.2, -0.15) is 0 Å². The SMILES string of the molecule is Cc1ccc(C(C)(O)CNC(=O)C(C)C2CCOCC2)o1. The molecule has 2 unspecified atom stereocenters. The third kappa shape index (κ3) is 4.08. The van der Waals surface area contributed by atoms with Crippen LogP contribution in [0.25, 0.3) is 0 Å². The summed E-state index contributed by atoms with van der Waals surface area (Å²) in [4.78, 5) is 12.2. The van der Waals surface area contributed by atoms with Crippen molar-refractivity contribution in [2.45, 2.75) is 39.2 Å². The van der Waals surface area contributed by atoms with Crippen molar-refractivity contribution in [2.75, 3.05) is 19.8 Å². The molecule has 0 saturated carbocycles. The molecule has 1 aliphatic heterocycles. The molecule has 1 saturated heterocycles. The normalized spacial score (nSPS) is 20.8. The molecule has 1 amide bonds. The molecule has 21 heavy (non-hydrogen) atoms. The number of carbonyl (C=O) groups excluding carboxylic acids is 1. The maximum Gasteiger partial charge on any atom is 0.223 e. The predicted octanol–water partition coefficient (Wildman–Crippen LogP) is 1.97. The summed E-state index contributed by atoms with van der Waals surface area (Å²) < 4.78 is 10.8. The fourth-order valence-electron chi connectivity index (χ4n) is 2.66. The van der Waals surface area contributed by atoms with Gasteiger partial charge in [-0.15, -0.1) is 0 Å². The summed E-state index contributed by atoms with van der Waals surface area (Å²) in [6, 6.07) is 3.54. The molecule has 5 nitrogen and oxygen atoms in total. The second kappa shape index (κ2) is 6.62. The lowest BCUT2D eigenvalue weighted by Crippen LogP contribution is -2.42. The molecular weight excluding hydrogens is 270 g/mol. The van der Waals surface area contributed by atoms with E-state index in [1.807, 2.05) is 13.8 Å². The average molecular weight is 295 g/mol. The summed E-state index contributed by atoms with van der Waals surface area (Å²) in [5.74, 6) is 1.48. The van der Waals surface area contributed by atoms with Crippen LogP contribution in [0.2, 0.25) is 0 Å². The van der Waals surface area contributed by atoms with Gasteiger partial charge in [-0.25, -0.2) is 0 Å². The number of furan rings is 1. The van der Waals surface area contributed by atoms with Gasteiger partial charge in [0.1, 0.15) is 17.1 Å². The maximum atomic E-state index is 12.2. The monoisotopic (exact) mass is 295 g/mol. The van der Waals surface area contributed by atoms with E-state index >= 15 is 0 Å². The number of aryl methyl sites for hydroxylation is 1. The Bertz CT molecular complexity index is 474. The Balaban J connectivity index is 1.87. The molecule has 2 rings (SSSR count). The lowest BCUT2D eigenvalue weighted by atomic mass is 9.86. The molecule has 1 fully saturated rings. The van der Waals surface area contributed by atoms with Gasteiger partial charge in [0.15, 0.2) is 0 Å². The first-order chi connectivity index (χ1) is 9.90. The summed E-state index contributed by atoms with van der Waals surface area (Å²) in [5, 5.41) is 13.2. The molecule has 1 aromatic heterocycles. The lowest BCUT2D eigenvalue weighted by molar-refractivity contribution is -0.128. The maximum absolute atomic E-state index is 12.2. The molecule has 1 aliphatic rings. The van der Waals surface area contributed by atoms with Crippen molar-refractivity contribution in [3.63, 3.8) is 0 Å². The van der Waals surface area contributed by atoms with Crippen molar-refractivity contribution in [2.24, 2.45) is 11.8 Å². The van der Waals surface area contributed by atoms with Crippen LogP contribution in [-0.2, 0) is 15.1 Å². The number of rotatable bonds is 5. The van der Waals surface area contributed by atoms with E-state index in [1.165, 1.54) is 0 Å². The molecule has 0 radical (unpaired) electrons. The van der Waals surface area contributed by atoms with E-state index in [1.54, 1.807) is 19.1 Å². The fourth-order valence-corrected chi connectivity index (χ4v) is 2.66. The summed E-state index contributed by atoms with van der Waals surface area (Å²) >= 11 is 0. The van der Waals surface area contributed by atoms with Gasteiger partial charge < -0.3 is 19.6 Å². The minimum Gasteiger partial charge on any atom is -0.463 e. The number of aliphatic hydroxyl groups is 1. The zero-order valence-electron chi connectivity index (χ0n) is 13.0. The van der Waals surface area contributed by atoms with Crippen molar-refractivity contribution in [3.8, 4) is 0 Å². The third-order valence-electron chi connectivity index (χ3n) is 4.26. The van der Waals surface area contributed by atoms with Gasteiger partial charge in [0.25, 0.3) is 0 Å². The highest BCUT2D eigenvalue weighted by molar-refractivity contribution is 5.78. The summed E-state index contributed by atoms with van der Waals surface area (Å²) in [5.41, 5.74) is -1.20. The van der Waals surface area contributed by atoms with Crippen LogP contribution in [0.15, 0.2) is 16.5 Å². The summed E-state index contributed by atoms with van der Waals surface area (Å²) in [6.07, 6.45) is 1.84. The van der Waals surface area contributed by atoms with Gasteiger partial charge in [0.2, 0.25) is 5.91 Å². The number of nitrogens with one attached hydrogen (secondary N) is 1. The van der Waals surface area contributed by atoms with Crippen molar-refractivity contribution >= 4 is 5.91 Å². The van der Waals surface area contributed by atoms with Crippen LogP contribution in [-0.4, -0.2) is 30.8 Å². The second-order valence-electron chi connectivity index (χ2n) is 6.14. The topological polar surface area (TPSA) is 71.7 Å². The second-order valence-corrected chi connectivity index (χ2v) is 6.14. The zero-order valence-corrected chi connectivity index (χ0v) is 13.0. The standard InChI is InChI=1S/C16H25NO4/c1-11-4-5-14(21-11)16(3,19)10-17-15(18)12(2)13-6-8-20-9-7-13/h4-5,12-13,19H,6-10H2,1-3H3,(H,17,18). The van der Waals surface area contributed by atoms with Crippen LogP contribution < -0.4 is 5.32 Å². The van der Waals surface area contributed by atoms with Crippen LogP contribution in [0, 0.1) is 18.8 Å². The highest BCUT2D eigenvalue weighted by Gasteiger charge is 2.30.